The Hall–Kier alpha value is -0.470. The van der Waals surface area contributed by atoms with E-state index in [0.717, 1.165) is 29.4 Å². The van der Waals surface area contributed by atoms with E-state index in [0.29, 0.717) is 5.92 Å². The molecule has 0 bridgehead atoms. The summed E-state index contributed by atoms with van der Waals surface area (Å²) in [7, 11) is 0. The molecule has 2 fully saturated rings. The van der Waals surface area contributed by atoms with Crippen LogP contribution in [0.1, 0.15) is 49.5 Å². The van der Waals surface area contributed by atoms with Gasteiger partial charge in [-0.3, -0.25) is 0 Å². The van der Waals surface area contributed by atoms with Crippen LogP contribution in [0.3, 0.4) is 0 Å². The molecule has 0 aromatic carbocycles. The Morgan fingerprint density at radius 1 is 1.43 bits per heavy atom. The van der Waals surface area contributed by atoms with E-state index in [2.05, 4.69) is 0 Å². The third-order valence-electron chi connectivity index (χ3n) is 3.47. The molecule has 0 aliphatic heterocycles. The molecule has 3 rings (SSSR count). The zero-order valence-corrected chi connectivity index (χ0v) is 8.81. The average Bonchev–Trinajstić information content (AvgIpc) is 2.68. The van der Waals surface area contributed by atoms with Crippen LogP contribution in [0.25, 0.3) is 0 Å². The van der Waals surface area contributed by atoms with Gasteiger partial charge in [-0.15, -0.1) is 0 Å². The second-order valence-electron chi connectivity index (χ2n) is 4.61. The number of hydrogen-bond donors (Lipinski definition) is 1. The summed E-state index contributed by atoms with van der Waals surface area (Å²) in [5.41, 5.74) is 5.87. The molecule has 0 radical (unpaired) electrons. The van der Waals surface area contributed by atoms with Crippen LogP contribution in [-0.4, -0.2) is 0 Å². The average molecular weight is 212 g/mol. The largest absolute Gasteiger partial charge is 0.462 e. The summed E-state index contributed by atoms with van der Waals surface area (Å²) in [5.74, 6) is 2.42. The first-order valence-electron chi connectivity index (χ1n) is 5.28. The lowest BCUT2D eigenvalue weighted by molar-refractivity contribution is 0.325. The molecule has 1 aromatic heterocycles. The normalized spacial score (nSPS) is 24.7. The summed E-state index contributed by atoms with van der Waals surface area (Å²) in [6, 6.07) is 1.92. The summed E-state index contributed by atoms with van der Waals surface area (Å²) in [4.78, 5) is 0. The molecular formula is C11H14ClNO. The fourth-order valence-corrected chi connectivity index (χ4v) is 2.25. The second kappa shape index (κ2) is 2.77. The molecular weight excluding hydrogens is 198 g/mol. The summed E-state index contributed by atoms with van der Waals surface area (Å²) in [6.45, 7) is 0. The van der Waals surface area contributed by atoms with Crippen molar-refractivity contribution in [3.8, 4) is 0 Å². The Labute approximate surface area is 88.4 Å². The molecule has 2 aliphatic rings. The van der Waals surface area contributed by atoms with Gasteiger partial charge in [0.2, 0.25) is 0 Å². The van der Waals surface area contributed by atoms with Crippen LogP contribution in [0.5, 0.6) is 0 Å². The van der Waals surface area contributed by atoms with Crippen LogP contribution in [0.15, 0.2) is 10.5 Å². The van der Waals surface area contributed by atoms with E-state index in [1.807, 2.05) is 6.07 Å². The first-order valence-corrected chi connectivity index (χ1v) is 5.65. The van der Waals surface area contributed by atoms with Crippen LogP contribution in [0.2, 0.25) is 5.02 Å². The van der Waals surface area contributed by atoms with Crippen molar-refractivity contribution in [1.82, 2.24) is 0 Å². The van der Waals surface area contributed by atoms with Crippen molar-refractivity contribution in [1.29, 1.82) is 0 Å². The lowest BCUT2D eigenvalue weighted by Gasteiger charge is -2.23. The van der Waals surface area contributed by atoms with E-state index in [1.165, 1.54) is 19.3 Å². The first-order chi connectivity index (χ1) is 6.69. The Morgan fingerprint density at radius 3 is 2.64 bits per heavy atom. The lowest BCUT2D eigenvalue weighted by atomic mass is 9.84. The molecule has 1 heterocycles. The van der Waals surface area contributed by atoms with Crippen LogP contribution in [-0.2, 0) is 5.54 Å². The number of hydrogen-bond acceptors (Lipinski definition) is 2. The lowest BCUT2D eigenvalue weighted by Crippen LogP contribution is -2.17. The van der Waals surface area contributed by atoms with Gasteiger partial charge in [0.15, 0.2) is 0 Å². The van der Waals surface area contributed by atoms with Crippen molar-refractivity contribution in [3.05, 3.63) is 22.6 Å². The van der Waals surface area contributed by atoms with E-state index in [4.69, 9.17) is 21.8 Å². The van der Waals surface area contributed by atoms with Crippen LogP contribution in [0, 0.1) is 0 Å². The molecule has 2 N–H and O–H groups in total. The molecule has 2 aliphatic carbocycles. The zero-order chi connectivity index (χ0) is 9.76. The standard InChI is InChI=1S/C11H14ClNO/c12-8-6-9(11(13)4-5-11)14-10(8)7-2-1-3-7/h6-7H,1-5,13H2. The van der Waals surface area contributed by atoms with Gasteiger partial charge >= 0.3 is 0 Å². The van der Waals surface area contributed by atoms with E-state index in [1.54, 1.807) is 0 Å². The third kappa shape index (κ3) is 1.21. The molecule has 0 spiro atoms. The Kier molecular flexibility index (Phi) is 1.74. The van der Waals surface area contributed by atoms with Crippen LogP contribution < -0.4 is 5.73 Å². The fraction of sp³-hybridized carbons (Fsp3) is 0.636. The molecule has 0 atom stereocenters. The fourth-order valence-electron chi connectivity index (χ4n) is 1.96. The van der Waals surface area contributed by atoms with Gasteiger partial charge in [-0.05, 0) is 25.7 Å². The smallest absolute Gasteiger partial charge is 0.125 e. The van der Waals surface area contributed by atoms with Gasteiger partial charge in [0.25, 0.3) is 0 Å². The predicted molar refractivity (Wildman–Crippen MR) is 55.4 cm³/mol. The predicted octanol–water partition coefficient (Wildman–Crippen LogP) is 3.15. The van der Waals surface area contributed by atoms with Gasteiger partial charge in [-0.1, -0.05) is 18.0 Å². The van der Waals surface area contributed by atoms with E-state index >= 15 is 0 Å². The first kappa shape index (κ1) is 8.81. The van der Waals surface area contributed by atoms with Gasteiger partial charge in [0, 0.05) is 12.0 Å². The van der Waals surface area contributed by atoms with E-state index in [-0.39, 0.29) is 5.54 Å². The Bertz CT molecular complexity index is 363. The summed E-state index contributed by atoms with van der Waals surface area (Å²) >= 11 is 6.14. The number of furan rings is 1. The molecule has 2 saturated carbocycles. The molecule has 2 nitrogen and oxygen atoms in total. The molecule has 0 saturated heterocycles. The van der Waals surface area contributed by atoms with Crippen molar-refractivity contribution < 1.29 is 4.42 Å². The summed E-state index contributed by atoms with van der Waals surface area (Å²) in [6.07, 6.45) is 5.78. The Balaban J connectivity index is 1.93. The molecule has 3 heteroatoms. The molecule has 0 unspecified atom stereocenters. The maximum absolute atomic E-state index is 6.14. The molecule has 14 heavy (non-hydrogen) atoms. The summed E-state index contributed by atoms with van der Waals surface area (Å²) < 4.78 is 5.79. The monoisotopic (exact) mass is 211 g/mol. The highest BCUT2D eigenvalue weighted by Crippen LogP contribution is 2.48. The van der Waals surface area contributed by atoms with Gasteiger partial charge in [0.1, 0.15) is 11.5 Å². The SMILES string of the molecule is NC1(c2cc(Cl)c(C3CCC3)o2)CC1. The maximum atomic E-state index is 6.14. The van der Waals surface area contributed by atoms with Crippen molar-refractivity contribution in [2.45, 2.75) is 43.6 Å². The molecule has 1 aromatic rings. The van der Waals surface area contributed by atoms with Gasteiger partial charge < -0.3 is 10.2 Å². The number of nitrogens with two attached hydrogens (primary N) is 1. The highest BCUT2D eigenvalue weighted by Gasteiger charge is 2.44. The second-order valence-corrected chi connectivity index (χ2v) is 5.01. The minimum atomic E-state index is -0.189. The maximum Gasteiger partial charge on any atom is 0.125 e. The van der Waals surface area contributed by atoms with Crippen molar-refractivity contribution >= 4 is 11.6 Å². The molecule has 0 amide bonds. The number of halogens is 1. The number of rotatable bonds is 2. The highest BCUT2D eigenvalue weighted by atomic mass is 35.5. The van der Waals surface area contributed by atoms with Crippen LogP contribution in [0.4, 0.5) is 0 Å². The third-order valence-corrected chi connectivity index (χ3v) is 3.76. The topological polar surface area (TPSA) is 39.2 Å². The van der Waals surface area contributed by atoms with Gasteiger partial charge in [-0.2, -0.15) is 0 Å². The van der Waals surface area contributed by atoms with Crippen molar-refractivity contribution in [3.63, 3.8) is 0 Å². The molecule has 76 valence electrons. The highest BCUT2D eigenvalue weighted by molar-refractivity contribution is 6.31. The Morgan fingerprint density at radius 2 is 2.14 bits per heavy atom. The van der Waals surface area contributed by atoms with Gasteiger partial charge in [-0.25, -0.2) is 0 Å². The minimum Gasteiger partial charge on any atom is -0.462 e. The van der Waals surface area contributed by atoms with Crippen molar-refractivity contribution in [2.75, 3.05) is 0 Å². The minimum absolute atomic E-state index is 0.189. The van der Waals surface area contributed by atoms with Crippen LogP contribution >= 0.6 is 11.6 Å². The summed E-state index contributed by atoms with van der Waals surface area (Å²) in [5, 5.41) is 0.779. The quantitative estimate of drug-likeness (QED) is 0.816. The van der Waals surface area contributed by atoms with E-state index < -0.39 is 0 Å². The van der Waals surface area contributed by atoms with Gasteiger partial charge in [0.05, 0.1) is 10.6 Å². The zero-order valence-electron chi connectivity index (χ0n) is 8.05. The van der Waals surface area contributed by atoms with E-state index in [9.17, 15) is 0 Å². The van der Waals surface area contributed by atoms with Crippen molar-refractivity contribution in [2.24, 2.45) is 5.73 Å².